The molecule has 0 aromatic rings. The standard InChI is InChI=1S/C8H18O.C6H14O4/c1-7(2,3)9-8(4,5)6;7-1-3-9-5-6-10-4-2-8/h1-6H3;7-8H,1-6H2. The van der Waals surface area contributed by atoms with Crippen LogP contribution in [-0.2, 0) is 14.2 Å². The van der Waals surface area contributed by atoms with Crippen molar-refractivity contribution in [2.75, 3.05) is 39.6 Å². The van der Waals surface area contributed by atoms with Crippen LogP contribution in [0.15, 0.2) is 0 Å². The van der Waals surface area contributed by atoms with E-state index >= 15 is 0 Å². The van der Waals surface area contributed by atoms with E-state index in [4.69, 9.17) is 24.4 Å². The van der Waals surface area contributed by atoms with Crippen molar-refractivity contribution in [3.63, 3.8) is 0 Å². The fraction of sp³-hybridized carbons (Fsp3) is 1.00. The van der Waals surface area contributed by atoms with Gasteiger partial charge >= 0.3 is 0 Å². The highest BCUT2D eigenvalue weighted by Gasteiger charge is 2.19. The second kappa shape index (κ2) is 11.6. The highest BCUT2D eigenvalue weighted by atomic mass is 16.5. The molecule has 118 valence electrons. The molecule has 5 heteroatoms. The van der Waals surface area contributed by atoms with Crippen molar-refractivity contribution in [3.05, 3.63) is 0 Å². The van der Waals surface area contributed by atoms with Gasteiger partial charge in [0.15, 0.2) is 0 Å². The molecule has 0 rings (SSSR count). The van der Waals surface area contributed by atoms with Gasteiger partial charge in [0.2, 0.25) is 0 Å². The molecule has 0 fully saturated rings. The highest BCUT2D eigenvalue weighted by molar-refractivity contribution is 4.68. The van der Waals surface area contributed by atoms with Gasteiger partial charge in [0.1, 0.15) is 0 Å². The Hall–Kier alpha value is -0.200. The molecule has 0 amide bonds. The van der Waals surface area contributed by atoms with E-state index in [1.165, 1.54) is 0 Å². The second-order valence-electron chi connectivity index (χ2n) is 6.00. The summed E-state index contributed by atoms with van der Waals surface area (Å²) in [5, 5.41) is 16.5. The molecule has 2 N–H and O–H groups in total. The molecule has 0 aliphatic carbocycles. The van der Waals surface area contributed by atoms with Gasteiger partial charge in [-0.05, 0) is 41.5 Å². The quantitative estimate of drug-likeness (QED) is 0.693. The van der Waals surface area contributed by atoms with Gasteiger partial charge < -0.3 is 24.4 Å². The zero-order chi connectivity index (χ0) is 15.4. The molecule has 0 aliphatic heterocycles. The van der Waals surface area contributed by atoms with E-state index in [2.05, 4.69) is 41.5 Å². The first-order valence-electron chi connectivity index (χ1n) is 6.70. The lowest BCUT2D eigenvalue weighted by atomic mass is 10.1. The maximum atomic E-state index is 8.26. The molecule has 0 aromatic heterocycles. The fourth-order valence-corrected chi connectivity index (χ4v) is 1.37. The van der Waals surface area contributed by atoms with Crippen LogP contribution in [0.4, 0.5) is 0 Å². The van der Waals surface area contributed by atoms with Crippen molar-refractivity contribution < 1.29 is 24.4 Å². The molecule has 19 heavy (non-hydrogen) atoms. The van der Waals surface area contributed by atoms with Crippen LogP contribution in [0, 0.1) is 0 Å². The molecule has 0 unspecified atom stereocenters. The van der Waals surface area contributed by atoms with Gasteiger partial charge in [-0.25, -0.2) is 0 Å². The summed E-state index contributed by atoms with van der Waals surface area (Å²) >= 11 is 0. The maximum absolute atomic E-state index is 8.26. The molecule has 0 heterocycles. The number of ether oxygens (including phenoxy) is 3. The molecule has 5 nitrogen and oxygen atoms in total. The highest BCUT2D eigenvalue weighted by Crippen LogP contribution is 2.17. The Bertz CT molecular complexity index is 161. The molecule has 0 atom stereocenters. The van der Waals surface area contributed by atoms with E-state index in [0.717, 1.165) is 0 Å². The van der Waals surface area contributed by atoms with Gasteiger partial charge in [-0.15, -0.1) is 0 Å². The van der Waals surface area contributed by atoms with Crippen LogP contribution >= 0.6 is 0 Å². The lowest BCUT2D eigenvalue weighted by molar-refractivity contribution is -0.102. The first-order valence-corrected chi connectivity index (χ1v) is 6.70. The second-order valence-corrected chi connectivity index (χ2v) is 6.00. The smallest absolute Gasteiger partial charge is 0.0701 e. The van der Waals surface area contributed by atoms with Crippen molar-refractivity contribution in [1.29, 1.82) is 0 Å². The number of rotatable bonds is 7. The van der Waals surface area contributed by atoms with Crippen LogP contribution in [-0.4, -0.2) is 61.1 Å². The number of hydrogen-bond donors (Lipinski definition) is 2. The van der Waals surface area contributed by atoms with Gasteiger partial charge in [-0.1, -0.05) is 0 Å². The molecule has 0 saturated carbocycles. The third kappa shape index (κ3) is 27.1. The van der Waals surface area contributed by atoms with Gasteiger partial charge in [0.25, 0.3) is 0 Å². The molecule has 0 aromatic carbocycles. The van der Waals surface area contributed by atoms with Crippen molar-refractivity contribution in [1.82, 2.24) is 0 Å². The summed E-state index contributed by atoms with van der Waals surface area (Å²) in [4.78, 5) is 0. The van der Waals surface area contributed by atoms with Crippen molar-refractivity contribution in [3.8, 4) is 0 Å². The Morgan fingerprint density at radius 2 is 0.947 bits per heavy atom. The maximum Gasteiger partial charge on any atom is 0.0701 e. The molecular weight excluding hydrogens is 248 g/mol. The minimum Gasteiger partial charge on any atom is -0.394 e. The molecule has 0 aliphatic rings. The summed E-state index contributed by atoms with van der Waals surface area (Å²) < 4.78 is 15.4. The third-order valence-electron chi connectivity index (χ3n) is 1.46. The lowest BCUT2D eigenvalue weighted by Gasteiger charge is -2.30. The minimum absolute atomic E-state index is 0.0156. The van der Waals surface area contributed by atoms with E-state index in [0.29, 0.717) is 26.4 Å². The summed E-state index contributed by atoms with van der Waals surface area (Å²) in [6, 6.07) is 0. The zero-order valence-electron chi connectivity index (χ0n) is 13.4. The Kier molecular flexibility index (Phi) is 12.9. The SMILES string of the molecule is CC(C)(C)OC(C)(C)C.OCCOCCOCCO. The molecular formula is C14H32O5. The van der Waals surface area contributed by atoms with Crippen LogP contribution < -0.4 is 0 Å². The van der Waals surface area contributed by atoms with Gasteiger partial charge in [0.05, 0.1) is 50.8 Å². The van der Waals surface area contributed by atoms with Crippen molar-refractivity contribution in [2.24, 2.45) is 0 Å². The molecule has 0 spiro atoms. The largest absolute Gasteiger partial charge is 0.394 e. The summed E-state index contributed by atoms with van der Waals surface area (Å²) in [5.41, 5.74) is -0.0312. The van der Waals surface area contributed by atoms with Crippen LogP contribution in [0.5, 0.6) is 0 Å². The first kappa shape index (κ1) is 21.1. The van der Waals surface area contributed by atoms with Crippen molar-refractivity contribution in [2.45, 2.75) is 52.7 Å². The Morgan fingerprint density at radius 3 is 1.11 bits per heavy atom. The topological polar surface area (TPSA) is 68.2 Å². The van der Waals surface area contributed by atoms with Crippen LogP contribution in [0.1, 0.15) is 41.5 Å². The summed E-state index contributed by atoms with van der Waals surface area (Å²) in [6.45, 7) is 14.1. The van der Waals surface area contributed by atoms with E-state index in [1.807, 2.05) is 0 Å². The summed E-state index contributed by atoms with van der Waals surface area (Å²) in [6.07, 6.45) is 0. The Labute approximate surface area is 117 Å². The lowest BCUT2D eigenvalue weighted by Crippen LogP contribution is -2.31. The summed E-state index contributed by atoms with van der Waals surface area (Å²) in [5.74, 6) is 0. The number of aliphatic hydroxyl groups excluding tert-OH is 2. The van der Waals surface area contributed by atoms with Gasteiger partial charge in [-0.2, -0.15) is 0 Å². The third-order valence-corrected chi connectivity index (χ3v) is 1.46. The predicted molar refractivity (Wildman–Crippen MR) is 76.4 cm³/mol. The summed E-state index contributed by atoms with van der Waals surface area (Å²) in [7, 11) is 0. The Morgan fingerprint density at radius 1 is 0.632 bits per heavy atom. The van der Waals surface area contributed by atoms with Gasteiger partial charge in [-0.3, -0.25) is 0 Å². The van der Waals surface area contributed by atoms with E-state index < -0.39 is 0 Å². The minimum atomic E-state index is -0.0156. The van der Waals surface area contributed by atoms with E-state index in [9.17, 15) is 0 Å². The number of hydrogen-bond acceptors (Lipinski definition) is 5. The Balaban J connectivity index is 0. The van der Waals surface area contributed by atoms with Gasteiger partial charge in [0, 0.05) is 0 Å². The van der Waals surface area contributed by atoms with E-state index in [1.54, 1.807) is 0 Å². The first-order chi connectivity index (χ1) is 8.62. The average molecular weight is 280 g/mol. The van der Waals surface area contributed by atoms with E-state index in [-0.39, 0.29) is 24.4 Å². The molecule has 0 bridgehead atoms. The van der Waals surface area contributed by atoms with Crippen LogP contribution in [0.2, 0.25) is 0 Å². The number of aliphatic hydroxyl groups is 2. The molecule has 0 saturated heterocycles. The predicted octanol–water partition coefficient (Wildman–Crippen LogP) is 1.60. The van der Waals surface area contributed by atoms with Crippen LogP contribution in [0.3, 0.4) is 0 Å². The normalized spacial score (nSPS) is 12.0. The average Bonchev–Trinajstić information content (AvgIpc) is 2.19. The van der Waals surface area contributed by atoms with Crippen LogP contribution in [0.25, 0.3) is 0 Å². The zero-order valence-corrected chi connectivity index (χ0v) is 13.4. The molecule has 0 radical (unpaired) electrons. The van der Waals surface area contributed by atoms with Crippen molar-refractivity contribution >= 4 is 0 Å². The fourth-order valence-electron chi connectivity index (χ4n) is 1.37. The monoisotopic (exact) mass is 280 g/mol.